The Hall–Kier alpha value is -1.21. The van der Waals surface area contributed by atoms with Gasteiger partial charge in [0.05, 0.1) is 0 Å². The maximum Gasteiger partial charge on any atom is 0.0112 e. The molecule has 0 amide bonds. The normalized spacial score (nSPS) is 12.1. The summed E-state index contributed by atoms with van der Waals surface area (Å²) >= 11 is 4.41. The number of aryl methyl sites for hydroxylation is 1. The van der Waals surface area contributed by atoms with E-state index in [0.717, 1.165) is 16.0 Å². The van der Waals surface area contributed by atoms with E-state index in [9.17, 15) is 0 Å². The third-order valence-corrected chi connectivity index (χ3v) is 2.57. The van der Waals surface area contributed by atoms with E-state index in [1.807, 2.05) is 25.2 Å². The zero-order chi connectivity index (χ0) is 11.3. The zero-order valence-electron chi connectivity index (χ0n) is 9.20. The molecule has 0 saturated heterocycles. The molecule has 0 saturated carbocycles. The summed E-state index contributed by atoms with van der Waals surface area (Å²) in [6, 6.07) is 8.29. The van der Waals surface area contributed by atoms with Gasteiger partial charge in [0.15, 0.2) is 0 Å². The lowest BCUT2D eigenvalue weighted by Crippen LogP contribution is -1.83. The van der Waals surface area contributed by atoms with Gasteiger partial charge in [-0.05, 0) is 31.1 Å². The van der Waals surface area contributed by atoms with Crippen LogP contribution in [0.5, 0.6) is 0 Å². The average molecular weight is 216 g/mol. The highest BCUT2D eigenvalue weighted by molar-refractivity contribution is 7.85. The van der Waals surface area contributed by atoms with Crippen molar-refractivity contribution in [2.75, 3.05) is 0 Å². The molecule has 0 aliphatic rings. The fourth-order valence-electron chi connectivity index (χ4n) is 1.19. The molecule has 1 aromatic rings. The quantitative estimate of drug-likeness (QED) is 0.562. The van der Waals surface area contributed by atoms with Gasteiger partial charge >= 0.3 is 0 Å². The number of hydrogen-bond donors (Lipinski definition) is 1. The van der Waals surface area contributed by atoms with Gasteiger partial charge in [0.2, 0.25) is 0 Å². The number of rotatable bonds is 3. The Labute approximate surface area is 97.4 Å². The van der Waals surface area contributed by atoms with Crippen molar-refractivity contribution in [1.29, 1.82) is 0 Å². The summed E-state index contributed by atoms with van der Waals surface area (Å²) in [5.41, 5.74) is 3.33. The van der Waals surface area contributed by atoms with Crippen LogP contribution >= 0.6 is 12.6 Å². The van der Waals surface area contributed by atoms with Crippen LogP contribution in [0, 0.1) is 6.92 Å². The topological polar surface area (TPSA) is 0 Å². The van der Waals surface area contributed by atoms with Gasteiger partial charge in [0.25, 0.3) is 0 Å². The molecule has 0 nitrogen and oxygen atoms in total. The molecule has 1 heteroatoms. The first-order valence-electron chi connectivity index (χ1n) is 4.93. The van der Waals surface area contributed by atoms with Crippen LogP contribution in [0.25, 0.3) is 5.57 Å². The molecule has 0 atom stereocenters. The first kappa shape index (κ1) is 11.9. The van der Waals surface area contributed by atoms with Crippen LogP contribution in [0.15, 0.2) is 54.0 Å². The van der Waals surface area contributed by atoms with E-state index in [1.165, 1.54) is 5.56 Å². The molecule has 0 aliphatic heterocycles. The summed E-state index contributed by atoms with van der Waals surface area (Å²) in [5, 5.41) is 0. The molecule has 0 fully saturated rings. The lowest BCUT2D eigenvalue weighted by Gasteiger charge is -2.05. The first-order valence-corrected chi connectivity index (χ1v) is 5.38. The maximum absolute atomic E-state index is 4.41. The number of hydrogen-bond acceptors (Lipinski definition) is 1. The Bertz CT molecular complexity index is 394. The summed E-state index contributed by atoms with van der Waals surface area (Å²) in [5.74, 6) is 0. The molecule has 15 heavy (non-hydrogen) atoms. The molecule has 0 aliphatic carbocycles. The van der Waals surface area contributed by atoms with Crippen LogP contribution in [0.3, 0.4) is 0 Å². The minimum absolute atomic E-state index is 0.900. The Morgan fingerprint density at radius 2 is 1.87 bits per heavy atom. The Kier molecular flexibility index (Phi) is 4.44. The summed E-state index contributed by atoms with van der Waals surface area (Å²) in [7, 11) is 0. The van der Waals surface area contributed by atoms with Crippen molar-refractivity contribution in [2.24, 2.45) is 0 Å². The monoisotopic (exact) mass is 216 g/mol. The summed E-state index contributed by atoms with van der Waals surface area (Å²) in [4.78, 5) is 0.900. The highest BCUT2D eigenvalue weighted by Crippen LogP contribution is 2.23. The zero-order valence-corrected chi connectivity index (χ0v) is 10.1. The van der Waals surface area contributed by atoms with Crippen LogP contribution in [0.4, 0.5) is 0 Å². The van der Waals surface area contributed by atoms with E-state index < -0.39 is 0 Å². The maximum atomic E-state index is 4.41. The van der Waals surface area contributed by atoms with Crippen LogP contribution in [-0.2, 0) is 0 Å². The fourth-order valence-corrected chi connectivity index (χ4v) is 1.41. The van der Waals surface area contributed by atoms with E-state index in [4.69, 9.17) is 0 Å². The molecular formula is C14H16S. The Morgan fingerprint density at radius 3 is 2.40 bits per heavy atom. The largest absolute Gasteiger partial charge is 0.143 e. The van der Waals surface area contributed by atoms with Crippen LogP contribution in [-0.4, -0.2) is 0 Å². The fraction of sp³-hybridized carbons (Fsp3) is 0.143. The van der Waals surface area contributed by atoms with Gasteiger partial charge in [-0.25, -0.2) is 0 Å². The Morgan fingerprint density at radius 1 is 1.27 bits per heavy atom. The second kappa shape index (κ2) is 5.62. The van der Waals surface area contributed by atoms with Crippen molar-refractivity contribution in [1.82, 2.24) is 0 Å². The average Bonchev–Trinajstić information content (AvgIpc) is 2.26. The molecule has 0 heterocycles. The van der Waals surface area contributed by atoms with E-state index in [-0.39, 0.29) is 0 Å². The third-order valence-electron chi connectivity index (χ3n) is 2.16. The molecule has 1 rings (SSSR count). The highest BCUT2D eigenvalue weighted by atomic mass is 32.1. The highest BCUT2D eigenvalue weighted by Gasteiger charge is 2.00. The van der Waals surface area contributed by atoms with E-state index in [1.54, 1.807) is 0 Å². The summed E-state index contributed by atoms with van der Waals surface area (Å²) in [6.45, 7) is 8.08. The molecule has 0 spiro atoms. The minimum Gasteiger partial charge on any atom is -0.143 e. The van der Waals surface area contributed by atoms with Crippen molar-refractivity contribution < 1.29 is 0 Å². The molecule has 78 valence electrons. The van der Waals surface area contributed by atoms with Gasteiger partial charge in [-0.15, -0.1) is 12.6 Å². The van der Waals surface area contributed by atoms with E-state index in [2.05, 4.69) is 50.4 Å². The number of benzene rings is 1. The van der Waals surface area contributed by atoms with Crippen LogP contribution in [0.1, 0.15) is 18.1 Å². The summed E-state index contributed by atoms with van der Waals surface area (Å²) < 4.78 is 0. The lowest BCUT2D eigenvalue weighted by molar-refractivity contribution is 1.45. The predicted molar refractivity (Wildman–Crippen MR) is 72.1 cm³/mol. The molecule has 1 aromatic carbocycles. The summed E-state index contributed by atoms with van der Waals surface area (Å²) in [6.07, 6.45) is 5.88. The lowest BCUT2D eigenvalue weighted by atomic mass is 10.1. The number of thiol groups is 1. The number of allylic oxidation sites excluding steroid dienone is 4. The van der Waals surface area contributed by atoms with Crippen molar-refractivity contribution in [3.8, 4) is 0 Å². The molecule has 0 aromatic heterocycles. The first-order chi connectivity index (χ1) is 7.15. The van der Waals surface area contributed by atoms with E-state index in [0.29, 0.717) is 0 Å². The smallest absolute Gasteiger partial charge is 0.0112 e. The molecule has 0 bridgehead atoms. The standard InChI is InChI=1S/C14H16S/c1-4-5-6-14(15)12(3)13-9-7-11(2)8-10-13/h4-10,15H,3H2,1-2H3/b5-4-,14-6+. The van der Waals surface area contributed by atoms with Gasteiger partial charge in [-0.1, -0.05) is 48.6 Å². The van der Waals surface area contributed by atoms with Crippen LogP contribution < -0.4 is 0 Å². The van der Waals surface area contributed by atoms with Gasteiger partial charge in [-0.3, -0.25) is 0 Å². The minimum atomic E-state index is 0.900. The third kappa shape index (κ3) is 3.45. The van der Waals surface area contributed by atoms with Crippen molar-refractivity contribution in [3.05, 3.63) is 65.1 Å². The van der Waals surface area contributed by atoms with Crippen molar-refractivity contribution in [2.45, 2.75) is 13.8 Å². The van der Waals surface area contributed by atoms with Gasteiger partial charge < -0.3 is 0 Å². The van der Waals surface area contributed by atoms with Crippen molar-refractivity contribution >= 4 is 18.2 Å². The van der Waals surface area contributed by atoms with Gasteiger partial charge in [0.1, 0.15) is 0 Å². The molecule has 0 radical (unpaired) electrons. The second-order valence-corrected chi connectivity index (χ2v) is 3.90. The predicted octanol–water partition coefficient (Wildman–Crippen LogP) is 4.40. The molecule has 0 unspecified atom stereocenters. The van der Waals surface area contributed by atoms with Gasteiger partial charge in [-0.2, -0.15) is 0 Å². The Balaban J connectivity index is 2.90. The van der Waals surface area contributed by atoms with Crippen LogP contribution in [0.2, 0.25) is 0 Å². The SMILES string of the molecule is C=C(/C(S)=C\C=C/C)c1ccc(C)cc1. The van der Waals surface area contributed by atoms with E-state index >= 15 is 0 Å². The molecular weight excluding hydrogens is 200 g/mol. The molecule has 0 N–H and O–H groups in total. The van der Waals surface area contributed by atoms with Gasteiger partial charge in [0, 0.05) is 4.91 Å². The second-order valence-electron chi connectivity index (χ2n) is 3.42. The van der Waals surface area contributed by atoms with Crippen molar-refractivity contribution in [3.63, 3.8) is 0 Å².